The van der Waals surface area contributed by atoms with Crippen molar-refractivity contribution in [1.29, 1.82) is 0 Å². The van der Waals surface area contributed by atoms with Gasteiger partial charge in [-0.3, -0.25) is 4.98 Å². The van der Waals surface area contributed by atoms with Crippen LogP contribution in [0.4, 0.5) is 5.69 Å². The number of nitrogens with zero attached hydrogens (tertiary/aromatic N) is 2. The fourth-order valence-corrected chi connectivity index (χ4v) is 2.09. The fraction of sp³-hybridized carbons (Fsp3) is 0. The van der Waals surface area contributed by atoms with E-state index in [0.29, 0.717) is 5.69 Å². The molecule has 0 saturated heterocycles. The van der Waals surface area contributed by atoms with E-state index in [4.69, 9.17) is 6.57 Å². The van der Waals surface area contributed by atoms with Crippen molar-refractivity contribution in [2.45, 2.75) is 0 Å². The maximum atomic E-state index is 6.93. The van der Waals surface area contributed by atoms with Crippen LogP contribution in [0.1, 0.15) is 0 Å². The van der Waals surface area contributed by atoms with Crippen molar-refractivity contribution >= 4 is 5.69 Å². The van der Waals surface area contributed by atoms with E-state index in [1.807, 2.05) is 24.3 Å². The molecular formula is C18H12N2. The largest absolute Gasteiger partial charge is 0.268 e. The lowest BCUT2D eigenvalue weighted by Gasteiger charge is -2.04. The van der Waals surface area contributed by atoms with Crippen molar-refractivity contribution in [3.05, 3.63) is 84.3 Å². The van der Waals surface area contributed by atoms with Crippen LogP contribution in [0.15, 0.2) is 72.9 Å². The summed E-state index contributed by atoms with van der Waals surface area (Å²) in [5, 5.41) is 0. The Morgan fingerprint density at radius 1 is 0.700 bits per heavy atom. The highest BCUT2D eigenvalue weighted by Gasteiger charge is 2.01. The van der Waals surface area contributed by atoms with E-state index in [-0.39, 0.29) is 0 Å². The summed E-state index contributed by atoms with van der Waals surface area (Å²) in [6.45, 7) is 6.93. The summed E-state index contributed by atoms with van der Waals surface area (Å²) in [5.74, 6) is 0. The van der Waals surface area contributed by atoms with Gasteiger partial charge < -0.3 is 0 Å². The molecule has 2 nitrogen and oxygen atoms in total. The van der Waals surface area contributed by atoms with E-state index < -0.39 is 0 Å². The molecule has 3 rings (SSSR count). The van der Waals surface area contributed by atoms with Crippen molar-refractivity contribution in [3.63, 3.8) is 0 Å². The lowest BCUT2D eigenvalue weighted by molar-refractivity contribution is 1.33. The Morgan fingerprint density at radius 2 is 1.35 bits per heavy atom. The Balaban J connectivity index is 1.91. The van der Waals surface area contributed by atoms with Crippen LogP contribution < -0.4 is 0 Å². The Kier molecular flexibility index (Phi) is 3.26. The molecule has 0 fully saturated rings. The third-order valence-electron chi connectivity index (χ3n) is 3.16. The molecule has 0 spiro atoms. The monoisotopic (exact) mass is 256 g/mol. The van der Waals surface area contributed by atoms with Gasteiger partial charge in [0.15, 0.2) is 0 Å². The van der Waals surface area contributed by atoms with Crippen LogP contribution in [0.3, 0.4) is 0 Å². The van der Waals surface area contributed by atoms with E-state index in [1.54, 1.807) is 12.3 Å². The number of rotatable bonds is 2. The molecule has 20 heavy (non-hydrogen) atoms. The molecular weight excluding hydrogens is 244 g/mol. The quantitative estimate of drug-likeness (QED) is 0.592. The van der Waals surface area contributed by atoms with Crippen LogP contribution in [-0.2, 0) is 0 Å². The summed E-state index contributed by atoms with van der Waals surface area (Å²) in [4.78, 5) is 7.66. The van der Waals surface area contributed by atoms with E-state index >= 15 is 0 Å². The number of hydrogen-bond acceptors (Lipinski definition) is 1. The van der Waals surface area contributed by atoms with Crippen molar-refractivity contribution in [3.8, 4) is 22.4 Å². The molecule has 0 unspecified atom stereocenters. The third kappa shape index (κ3) is 2.43. The molecule has 0 N–H and O–H groups in total. The van der Waals surface area contributed by atoms with Gasteiger partial charge in [-0.2, -0.15) is 0 Å². The van der Waals surface area contributed by atoms with Gasteiger partial charge in [0.25, 0.3) is 0 Å². The summed E-state index contributed by atoms with van der Waals surface area (Å²) in [6.07, 6.45) is 1.60. The molecule has 1 heterocycles. The molecule has 94 valence electrons. The number of aromatic nitrogens is 1. The lowest BCUT2D eigenvalue weighted by atomic mass is 10.0. The van der Waals surface area contributed by atoms with Gasteiger partial charge in [0.2, 0.25) is 5.69 Å². The maximum Gasteiger partial charge on any atom is 0.205 e. The molecule has 2 heteroatoms. The van der Waals surface area contributed by atoms with Gasteiger partial charge in [-0.1, -0.05) is 60.7 Å². The van der Waals surface area contributed by atoms with Gasteiger partial charge in [-0.15, -0.1) is 0 Å². The number of pyridine rings is 1. The SMILES string of the molecule is [C-]#[N+]c1ccc(-c2ccc(-c3ccccc3)cc2)nc1. The first kappa shape index (κ1) is 12.1. The molecule has 0 amide bonds. The molecule has 0 aliphatic rings. The van der Waals surface area contributed by atoms with Crippen molar-refractivity contribution in [2.75, 3.05) is 0 Å². The van der Waals surface area contributed by atoms with Crippen LogP contribution in [0.2, 0.25) is 0 Å². The lowest BCUT2D eigenvalue weighted by Crippen LogP contribution is -1.83. The first-order valence-corrected chi connectivity index (χ1v) is 6.36. The Labute approximate surface area is 118 Å². The van der Waals surface area contributed by atoms with Gasteiger partial charge in [0.05, 0.1) is 12.3 Å². The number of hydrogen-bond donors (Lipinski definition) is 0. The fourth-order valence-electron chi connectivity index (χ4n) is 2.09. The second-order valence-corrected chi connectivity index (χ2v) is 4.46. The first-order chi connectivity index (χ1) is 9.86. The second-order valence-electron chi connectivity index (χ2n) is 4.46. The Morgan fingerprint density at radius 3 is 1.95 bits per heavy atom. The average molecular weight is 256 g/mol. The minimum Gasteiger partial charge on any atom is -0.268 e. The van der Waals surface area contributed by atoms with Crippen molar-refractivity contribution in [1.82, 2.24) is 4.98 Å². The molecule has 1 aromatic heterocycles. The maximum absolute atomic E-state index is 6.93. The molecule has 0 atom stereocenters. The predicted molar refractivity (Wildman–Crippen MR) is 81.4 cm³/mol. The molecule has 0 saturated carbocycles. The summed E-state index contributed by atoms with van der Waals surface area (Å²) in [5.41, 5.74) is 4.90. The minimum atomic E-state index is 0.564. The summed E-state index contributed by atoms with van der Waals surface area (Å²) in [6, 6.07) is 22.2. The standard InChI is InChI=1S/C18H12N2/c1-19-17-11-12-18(20-13-17)16-9-7-15(8-10-16)14-5-3-2-4-6-14/h2-13H. The van der Waals surface area contributed by atoms with Crippen LogP contribution in [0, 0.1) is 6.57 Å². The zero-order valence-electron chi connectivity index (χ0n) is 10.8. The third-order valence-corrected chi connectivity index (χ3v) is 3.16. The van der Waals surface area contributed by atoms with Gasteiger partial charge in [0, 0.05) is 11.8 Å². The van der Waals surface area contributed by atoms with Gasteiger partial charge in [0.1, 0.15) is 0 Å². The minimum absolute atomic E-state index is 0.564. The molecule has 0 aliphatic heterocycles. The van der Waals surface area contributed by atoms with Crippen molar-refractivity contribution < 1.29 is 0 Å². The van der Waals surface area contributed by atoms with E-state index in [1.165, 1.54) is 11.1 Å². The van der Waals surface area contributed by atoms with Gasteiger partial charge >= 0.3 is 0 Å². The van der Waals surface area contributed by atoms with Crippen molar-refractivity contribution in [2.24, 2.45) is 0 Å². The van der Waals surface area contributed by atoms with Gasteiger partial charge in [-0.05, 0) is 17.2 Å². The van der Waals surface area contributed by atoms with Crippen LogP contribution >= 0.6 is 0 Å². The molecule has 3 aromatic rings. The topological polar surface area (TPSA) is 17.2 Å². The summed E-state index contributed by atoms with van der Waals surface area (Å²) >= 11 is 0. The van der Waals surface area contributed by atoms with Crippen LogP contribution in [-0.4, -0.2) is 4.98 Å². The van der Waals surface area contributed by atoms with E-state index in [9.17, 15) is 0 Å². The number of benzene rings is 2. The average Bonchev–Trinajstić information content (AvgIpc) is 2.56. The van der Waals surface area contributed by atoms with Crippen LogP contribution in [0.5, 0.6) is 0 Å². The zero-order chi connectivity index (χ0) is 13.8. The highest BCUT2D eigenvalue weighted by atomic mass is 14.7. The smallest absolute Gasteiger partial charge is 0.205 e. The Bertz CT molecular complexity index is 736. The normalized spacial score (nSPS) is 9.95. The first-order valence-electron chi connectivity index (χ1n) is 6.36. The zero-order valence-corrected chi connectivity index (χ0v) is 10.8. The molecule has 0 radical (unpaired) electrons. The van der Waals surface area contributed by atoms with E-state index in [2.05, 4.69) is 46.2 Å². The van der Waals surface area contributed by atoms with E-state index in [0.717, 1.165) is 11.3 Å². The molecule has 2 aromatic carbocycles. The van der Waals surface area contributed by atoms with Crippen LogP contribution in [0.25, 0.3) is 27.2 Å². The highest BCUT2D eigenvalue weighted by molar-refractivity contribution is 5.69. The summed E-state index contributed by atoms with van der Waals surface area (Å²) < 4.78 is 0. The van der Waals surface area contributed by atoms with Gasteiger partial charge in [-0.25, -0.2) is 4.85 Å². The molecule has 0 bridgehead atoms. The highest BCUT2D eigenvalue weighted by Crippen LogP contribution is 2.24. The second kappa shape index (κ2) is 5.38. The molecule has 0 aliphatic carbocycles. The summed E-state index contributed by atoms with van der Waals surface area (Å²) in [7, 11) is 0. The predicted octanol–water partition coefficient (Wildman–Crippen LogP) is 4.97. The Hall–Kier alpha value is -2.92.